The molecule has 18 heavy (non-hydrogen) atoms. The SMILES string of the molecule is COC1=C(O)C(=O)c2cc(O)c(O)c(O)c2C1=O. The summed E-state index contributed by atoms with van der Waals surface area (Å²) in [6.07, 6.45) is 0. The van der Waals surface area contributed by atoms with Crippen LogP contribution in [-0.2, 0) is 4.74 Å². The molecule has 7 heteroatoms. The predicted octanol–water partition coefficient (Wildman–Crippen LogP) is 0.598. The van der Waals surface area contributed by atoms with E-state index in [1.807, 2.05) is 0 Å². The van der Waals surface area contributed by atoms with Crippen LogP contribution in [-0.4, -0.2) is 39.1 Å². The van der Waals surface area contributed by atoms with Crippen LogP contribution < -0.4 is 0 Å². The number of carbonyl (C=O) groups excluding carboxylic acids is 2. The summed E-state index contributed by atoms with van der Waals surface area (Å²) < 4.78 is 4.57. The van der Waals surface area contributed by atoms with Crippen molar-refractivity contribution >= 4 is 11.6 Å². The minimum absolute atomic E-state index is 0.411. The normalized spacial score (nSPS) is 14.7. The summed E-state index contributed by atoms with van der Waals surface area (Å²) in [4.78, 5) is 23.5. The van der Waals surface area contributed by atoms with Crippen LogP contribution in [0.2, 0.25) is 0 Å². The highest BCUT2D eigenvalue weighted by Gasteiger charge is 2.37. The summed E-state index contributed by atoms with van der Waals surface area (Å²) in [7, 11) is 1.07. The van der Waals surface area contributed by atoms with Crippen LogP contribution in [0.25, 0.3) is 0 Å². The van der Waals surface area contributed by atoms with Gasteiger partial charge in [-0.1, -0.05) is 0 Å². The van der Waals surface area contributed by atoms with E-state index in [9.17, 15) is 30.0 Å². The molecule has 0 atom stereocenters. The molecule has 0 saturated carbocycles. The Hall–Kier alpha value is -2.70. The Kier molecular flexibility index (Phi) is 2.39. The van der Waals surface area contributed by atoms with Crippen LogP contribution in [0.15, 0.2) is 17.6 Å². The minimum atomic E-state index is -0.993. The Morgan fingerprint density at radius 2 is 1.61 bits per heavy atom. The van der Waals surface area contributed by atoms with E-state index in [0.29, 0.717) is 0 Å². The zero-order valence-corrected chi connectivity index (χ0v) is 9.09. The van der Waals surface area contributed by atoms with E-state index in [4.69, 9.17) is 0 Å². The van der Waals surface area contributed by atoms with Gasteiger partial charge in [-0.3, -0.25) is 9.59 Å². The second kappa shape index (κ2) is 3.66. The second-order valence-corrected chi connectivity index (χ2v) is 3.56. The molecular formula is C11H8O7. The first-order valence-electron chi connectivity index (χ1n) is 4.74. The fourth-order valence-electron chi connectivity index (χ4n) is 1.69. The van der Waals surface area contributed by atoms with Crippen molar-refractivity contribution in [1.29, 1.82) is 0 Å². The third kappa shape index (κ3) is 1.30. The van der Waals surface area contributed by atoms with Gasteiger partial charge < -0.3 is 25.2 Å². The summed E-state index contributed by atoms with van der Waals surface area (Å²) >= 11 is 0. The molecular weight excluding hydrogens is 244 g/mol. The molecule has 0 spiro atoms. The lowest BCUT2D eigenvalue weighted by Gasteiger charge is -2.18. The van der Waals surface area contributed by atoms with Crippen molar-refractivity contribution in [3.05, 3.63) is 28.7 Å². The molecule has 0 aliphatic heterocycles. The number of benzene rings is 1. The van der Waals surface area contributed by atoms with Crippen LogP contribution in [0.5, 0.6) is 17.2 Å². The molecule has 0 saturated heterocycles. The lowest BCUT2D eigenvalue weighted by Crippen LogP contribution is -2.23. The van der Waals surface area contributed by atoms with Crippen molar-refractivity contribution < 1.29 is 34.8 Å². The lowest BCUT2D eigenvalue weighted by atomic mass is 9.90. The van der Waals surface area contributed by atoms with Gasteiger partial charge in [0.25, 0.3) is 0 Å². The fraction of sp³-hybridized carbons (Fsp3) is 0.0909. The summed E-state index contributed by atoms with van der Waals surface area (Å²) in [5, 5.41) is 37.6. The van der Waals surface area contributed by atoms with E-state index in [1.165, 1.54) is 0 Å². The minimum Gasteiger partial charge on any atom is -0.504 e. The molecule has 4 N–H and O–H groups in total. The number of Topliss-reactive ketones (excluding diaryl/α,β-unsaturated/α-hetero) is 2. The largest absolute Gasteiger partial charge is 0.504 e. The number of phenolic OH excluding ortho intramolecular Hbond substituents is 3. The number of ether oxygens (including phenoxy) is 1. The Bertz CT molecular complexity index is 612. The van der Waals surface area contributed by atoms with E-state index in [0.717, 1.165) is 13.2 Å². The van der Waals surface area contributed by atoms with Gasteiger partial charge in [-0.25, -0.2) is 0 Å². The van der Waals surface area contributed by atoms with Gasteiger partial charge in [-0.05, 0) is 6.07 Å². The van der Waals surface area contributed by atoms with Crippen LogP contribution in [0.3, 0.4) is 0 Å². The average Bonchev–Trinajstić information content (AvgIpc) is 2.33. The number of methoxy groups -OCH3 is 1. The fourth-order valence-corrected chi connectivity index (χ4v) is 1.69. The van der Waals surface area contributed by atoms with Crippen molar-refractivity contribution in [2.45, 2.75) is 0 Å². The maximum absolute atomic E-state index is 11.8. The zero-order valence-electron chi connectivity index (χ0n) is 9.09. The number of allylic oxidation sites excluding steroid dienone is 2. The molecule has 0 radical (unpaired) electrons. The third-order valence-corrected chi connectivity index (χ3v) is 2.57. The third-order valence-electron chi connectivity index (χ3n) is 2.57. The Balaban J connectivity index is 2.82. The van der Waals surface area contributed by atoms with Crippen LogP contribution >= 0.6 is 0 Å². The second-order valence-electron chi connectivity index (χ2n) is 3.56. The number of ketones is 2. The molecule has 1 aliphatic carbocycles. The Labute approximate surface area is 100 Å². The highest BCUT2D eigenvalue weighted by molar-refractivity contribution is 6.26. The average molecular weight is 252 g/mol. The van der Waals surface area contributed by atoms with Gasteiger partial charge in [-0.15, -0.1) is 0 Å². The van der Waals surface area contributed by atoms with E-state index in [1.54, 1.807) is 0 Å². The first-order chi connectivity index (χ1) is 8.40. The predicted molar refractivity (Wildman–Crippen MR) is 56.8 cm³/mol. The van der Waals surface area contributed by atoms with Crippen molar-refractivity contribution in [3.63, 3.8) is 0 Å². The van der Waals surface area contributed by atoms with Crippen molar-refractivity contribution in [2.24, 2.45) is 0 Å². The van der Waals surface area contributed by atoms with Gasteiger partial charge in [0, 0.05) is 5.56 Å². The zero-order chi connectivity index (χ0) is 13.6. The van der Waals surface area contributed by atoms with E-state index < -0.39 is 51.5 Å². The molecule has 1 aliphatic rings. The summed E-state index contributed by atoms with van der Waals surface area (Å²) in [6, 6.07) is 0.785. The maximum atomic E-state index is 11.8. The number of rotatable bonds is 1. The van der Waals surface area contributed by atoms with E-state index >= 15 is 0 Å². The number of carbonyl (C=O) groups is 2. The van der Waals surface area contributed by atoms with Crippen molar-refractivity contribution in [3.8, 4) is 17.2 Å². The number of phenols is 3. The first kappa shape index (κ1) is 11.8. The highest BCUT2D eigenvalue weighted by Crippen LogP contribution is 2.43. The molecule has 2 rings (SSSR count). The molecule has 1 aromatic carbocycles. The van der Waals surface area contributed by atoms with Gasteiger partial charge in [0.2, 0.25) is 28.8 Å². The van der Waals surface area contributed by atoms with E-state index in [-0.39, 0.29) is 0 Å². The highest BCUT2D eigenvalue weighted by atomic mass is 16.5. The van der Waals surface area contributed by atoms with Crippen molar-refractivity contribution in [2.75, 3.05) is 7.11 Å². The van der Waals surface area contributed by atoms with Gasteiger partial charge in [0.1, 0.15) is 0 Å². The molecule has 7 nitrogen and oxygen atoms in total. The molecule has 0 heterocycles. The molecule has 0 unspecified atom stereocenters. The molecule has 0 amide bonds. The smallest absolute Gasteiger partial charge is 0.236 e. The maximum Gasteiger partial charge on any atom is 0.236 e. The van der Waals surface area contributed by atoms with Crippen LogP contribution in [0, 0.1) is 0 Å². The quantitative estimate of drug-likeness (QED) is 0.539. The number of hydrogen-bond acceptors (Lipinski definition) is 7. The monoisotopic (exact) mass is 252 g/mol. The summed E-state index contributed by atoms with van der Waals surface area (Å²) in [6.45, 7) is 0. The van der Waals surface area contributed by atoms with Crippen LogP contribution in [0.4, 0.5) is 0 Å². The summed E-state index contributed by atoms with van der Waals surface area (Å²) in [5.74, 6) is -6.14. The van der Waals surface area contributed by atoms with Crippen molar-refractivity contribution in [1.82, 2.24) is 0 Å². The summed E-state index contributed by atoms with van der Waals surface area (Å²) in [5.41, 5.74) is -0.934. The van der Waals surface area contributed by atoms with Gasteiger partial charge >= 0.3 is 0 Å². The molecule has 94 valence electrons. The first-order valence-corrected chi connectivity index (χ1v) is 4.74. The number of aliphatic hydroxyl groups is 1. The molecule has 1 aromatic rings. The van der Waals surface area contributed by atoms with E-state index in [2.05, 4.69) is 4.74 Å². The molecule has 0 aromatic heterocycles. The number of hydrogen-bond donors (Lipinski definition) is 4. The van der Waals surface area contributed by atoms with Gasteiger partial charge in [-0.2, -0.15) is 0 Å². The standard InChI is InChI=1S/C11H8O7/c1-18-11-9(16)5-3(6(13)10(11)17)2-4(12)7(14)8(5)15/h2,12,14-15,17H,1H3. The van der Waals surface area contributed by atoms with Crippen LogP contribution in [0.1, 0.15) is 20.7 Å². The number of aromatic hydroxyl groups is 3. The number of aliphatic hydroxyl groups excluding tert-OH is 1. The molecule has 0 bridgehead atoms. The Morgan fingerprint density at radius 1 is 1.00 bits per heavy atom. The lowest BCUT2D eigenvalue weighted by molar-refractivity contribution is 0.0852. The number of fused-ring (bicyclic) bond motifs is 1. The van der Waals surface area contributed by atoms with Gasteiger partial charge in [0.05, 0.1) is 12.7 Å². The van der Waals surface area contributed by atoms with Gasteiger partial charge in [0.15, 0.2) is 11.5 Å². The Morgan fingerprint density at radius 3 is 2.17 bits per heavy atom. The molecule has 0 fully saturated rings. The topological polar surface area (TPSA) is 124 Å².